The third kappa shape index (κ3) is 2.15. The molecule has 3 rings (SSSR count). The lowest BCUT2D eigenvalue weighted by Gasteiger charge is -2.13. The van der Waals surface area contributed by atoms with Crippen molar-refractivity contribution in [3.05, 3.63) is 17.7 Å². The largest absolute Gasteiger partial charge is 0.493 e. The van der Waals surface area contributed by atoms with Crippen molar-refractivity contribution in [3.8, 4) is 17.2 Å². The number of rotatable bonds is 2. The van der Waals surface area contributed by atoms with Crippen LogP contribution in [0.2, 0.25) is 0 Å². The van der Waals surface area contributed by atoms with E-state index in [0.29, 0.717) is 6.04 Å². The zero-order valence-electron chi connectivity index (χ0n) is 9.69. The molecule has 0 radical (unpaired) electrons. The molecule has 17 heavy (non-hydrogen) atoms. The van der Waals surface area contributed by atoms with E-state index in [4.69, 9.17) is 14.2 Å². The smallest absolute Gasteiger partial charge is 0.231 e. The van der Waals surface area contributed by atoms with Gasteiger partial charge in [0.05, 0.1) is 7.11 Å². The fourth-order valence-corrected chi connectivity index (χ4v) is 2.32. The molecule has 0 saturated carbocycles. The van der Waals surface area contributed by atoms with Gasteiger partial charge in [-0.3, -0.25) is 0 Å². The number of benzene rings is 1. The predicted octanol–water partition coefficient (Wildman–Crippen LogP) is 2.27. The molecule has 0 bridgehead atoms. The molecule has 1 fully saturated rings. The molecule has 1 aromatic carbocycles. The normalized spacial score (nSPS) is 21.1. The van der Waals surface area contributed by atoms with E-state index in [1.165, 1.54) is 18.4 Å². The Morgan fingerprint density at radius 2 is 2.24 bits per heavy atom. The van der Waals surface area contributed by atoms with E-state index in [0.717, 1.165) is 23.8 Å². The van der Waals surface area contributed by atoms with Crippen LogP contribution in [0.15, 0.2) is 12.1 Å². The molecule has 1 atom stereocenters. The van der Waals surface area contributed by atoms with Gasteiger partial charge in [0.2, 0.25) is 12.5 Å². The van der Waals surface area contributed by atoms with Crippen LogP contribution < -0.4 is 19.5 Å². The fourth-order valence-electron chi connectivity index (χ4n) is 2.32. The lowest BCUT2D eigenvalue weighted by Crippen LogP contribution is -2.12. The molecule has 0 aliphatic carbocycles. The van der Waals surface area contributed by atoms with Crippen LogP contribution in [-0.4, -0.2) is 20.4 Å². The van der Waals surface area contributed by atoms with E-state index in [9.17, 15) is 0 Å². The lowest BCUT2D eigenvalue weighted by molar-refractivity contribution is 0.171. The predicted molar refractivity (Wildman–Crippen MR) is 66.3 cm³/mol. The summed E-state index contributed by atoms with van der Waals surface area (Å²) < 4.78 is 16.1. The summed E-state index contributed by atoms with van der Waals surface area (Å²) in [6.07, 6.45) is 2.39. The molecule has 0 aromatic heterocycles. The van der Waals surface area contributed by atoms with Crippen molar-refractivity contribution in [1.82, 2.24) is 5.32 Å². The summed E-state index contributed by atoms with van der Waals surface area (Å²) in [6.45, 7) is 1.37. The van der Waals surface area contributed by atoms with Crippen LogP contribution in [0.5, 0.6) is 17.2 Å². The quantitative estimate of drug-likeness (QED) is 0.882. The Kier molecular flexibility index (Phi) is 3.64. The van der Waals surface area contributed by atoms with Gasteiger partial charge in [-0.2, -0.15) is 0 Å². The fraction of sp³-hybridized carbons (Fsp3) is 0.500. The Hall–Kier alpha value is -1.13. The zero-order chi connectivity index (χ0) is 11.0. The highest BCUT2D eigenvalue weighted by Gasteiger charge is 2.24. The third-order valence-electron chi connectivity index (χ3n) is 3.14. The molecular weight excluding hydrogens is 242 g/mol. The number of hydrogen-bond donors (Lipinski definition) is 1. The van der Waals surface area contributed by atoms with Gasteiger partial charge in [0, 0.05) is 6.04 Å². The molecule has 2 aliphatic heterocycles. The first-order valence-electron chi connectivity index (χ1n) is 5.59. The third-order valence-corrected chi connectivity index (χ3v) is 3.14. The van der Waals surface area contributed by atoms with Gasteiger partial charge in [0.1, 0.15) is 0 Å². The summed E-state index contributed by atoms with van der Waals surface area (Å²) in [5.41, 5.74) is 1.22. The van der Waals surface area contributed by atoms with Gasteiger partial charge in [-0.25, -0.2) is 0 Å². The molecule has 5 heteroatoms. The molecule has 94 valence electrons. The molecule has 1 aromatic rings. The second-order valence-electron chi connectivity index (χ2n) is 4.11. The van der Waals surface area contributed by atoms with E-state index in [-0.39, 0.29) is 19.2 Å². The number of ether oxygens (including phenoxy) is 3. The SMILES string of the molecule is COc1cc([C@H]2CCCN2)cc2c1OCO2.Cl. The number of methoxy groups -OCH3 is 1. The Morgan fingerprint density at radius 1 is 1.35 bits per heavy atom. The van der Waals surface area contributed by atoms with Crippen LogP contribution in [0.25, 0.3) is 0 Å². The van der Waals surface area contributed by atoms with Gasteiger partial charge >= 0.3 is 0 Å². The zero-order valence-corrected chi connectivity index (χ0v) is 10.5. The highest BCUT2D eigenvalue weighted by molar-refractivity contribution is 5.85. The van der Waals surface area contributed by atoms with Gasteiger partial charge in [-0.15, -0.1) is 12.4 Å². The van der Waals surface area contributed by atoms with Crippen LogP contribution in [0.1, 0.15) is 24.4 Å². The molecule has 1 saturated heterocycles. The van der Waals surface area contributed by atoms with E-state index < -0.39 is 0 Å². The summed E-state index contributed by atoms with van der Waals surface area (Å²) in [7, 11) is 1.66. The first-order chi connectivity index (χ1) is 7.88. The van der Waals surface area contributed by atoms with Crippen molar-refractivity contribution in [1.29, 1.82) is 0 Å². The Labute approximate surface area is 107 Å². The monoisotopic (exact) mass is 257 g/mol. The maximum Gasteiger partial charge on any atom is 0.231 e. The second kappa shape index (κ2) is 5.02. The first kappa shape index (κ1) is 12.3. The molecule has 4 nitrogen and oxygen atoms in total. The van der Waals surface area contributed by atoms with Crippen molar-refractivity contribution < 1.29 is 14.2 Å². The molecule has 0 unspecified atom stereocenters. The van der Waals surface area contributed by atoms with Gasteiger partial charge in [0.15, 0.2) is 11.5 Å². The Morgan fingerprint density at radius 3 is 2.94 bits per heavy atom. The summed E-state index contributed by atoms with van der Waals surface area (Å²) in [5.74, 6) is 2.28. The van der Waals surface area contributed by atoms with E-state index in [1.54, 1.807) is 7.11 Å². The summed E-state index contributed by atoms with van der Waals surface area (Å²) in [5, 5.41) is 3.46. The van der Waals surface area contributed by atoms with Crippen LogP contribution in [0.3, 0.4) is 0 Å². The summed E-state index contributed by atoms with van der Waals surface area (Å²) in [4.78, 5) is 0. The number of fused-ring (bicyclic) bond motifs is 1. The maximum absolute atomic E-state index is 5.41. The minimum Gasteiger partial charge on any atom is -0.493 e. The number of hydrogen-bond acceptors (Lipinski definition) is 4. The van der Waals surface area contributed by atoms with Crippen molar-refractivity contribution >= 4 is 12.4 Å². The van der Waals surface area contributed by atoms with Crippen molar-refractivity contribution in [2.45, 2.75) is 18.9 Å². The van der Waals surface area contributed by atoms with Gasteiger partial charge in [-0.1, -0.05) is 0 Å². The highest BCUT2D eigenvalue weighted by atomic mass is 35.5. The van der Waals surface area contributed by atoms with E-state index in [2.05, 4.69) is 5.32 Å². The van der Waals surface area contributed by atoms with Crippen LogP contribution in [0.4, 0.5) is 0 Å². The van der Waals surface area contributed by atoms with Crippen molar-refractivity contribution in [3.63, 3.8) is 0 Å². The number of halogens is 1. The summed E-state index contributed by atoms with van der Waals surface area (Å²) in [6, 6.07) is 4.51. The van der Waals surface area contributed by atoms with E-state index >= 15 is 0 Å². The Bertz CT molecular complexity index is 405. The molecule has 0 spiro atoms. The molecule has 2 aliphatic rings. The number of nitrogens with one attached hydrogen (secondary N) is 1. The lowest BCUT2D eigenvalue weighted by atomic mass is 10.0. The second-order valence-corrected chi connectivity index (χ2v) is 4.11. The molecular formula is C12H16ClNO3. The average molecular weight is 258 g/mol. The van der Waals surface area contributed by atoms with Crippen LogP contribution in [-0.2, 0) is 0 Å². The first-order valence-corrected chi connectivity index (χ1v) is 5.59. The minimum atomic E-state index is 0. The van der Waals surface area contributed by atoms with Crippen molar-refractivity contribution in [2.24, 2.45) is 0 Å². The standard InChI is InChI=1S/C12H15NO3.ClH/c1-14-10-5-8(9-3-2-4-13-9)6-11-12(10)16-7-15-11;/h5-6,9,13H,2-4,7H2,1H3;1H/t9-;/m1./s1. The molecule has 0 amide bonds. The topological polar surface area (TPSA) is 39.7 Å². The highest BCUT2D eigenvalue weighted by Crippen LogP contribution is 2.43. The van der Waals surface area contributed by atoms with Gasteiger partial charge in [0.25, 0.3) is 0 Å². The molecule has 1 N–H and O–H groups in total. The summed E-state index contributed by atoms with van der Waals surface area (Å²) >= 11 is 0. The van der Waals surface area contributed by atoms with E-state index in [1.807, 2.05) is 12.1 Å². The van der Waals surface area contributed by atoms with Crippen molar-refractivity contribution in [2.75, 3.05) is 20.4 Å². The minimum absolute atomic E-state index is 0. The molecule has 2 heterocycles. The average Bonchev–Trinajstić information content (AvgIpc) is 2.97. The van der Waals surface area contributed by atoms with Gasteiger partial charge < -0.3 is 19.5 Å². The Balaban J connectivity index is 0.00000108. The van der Waals surface area contributed by atoms with Crippen LogP contribution >= 0.6 is 12.4 Å². The van der Waals surface area contributed by atoms with Gasteiger partial charge in [-0.05, 0) is 37.1 Å². The maximum atomic E-state index is 5.41. The van der Waals surface area contributed by atoms with Crippen LogP contribution in [0, 0.1) is 0 Å².